The Bertz CT molecular complexity index is 1810. The lowest BCUT2D eigenvalue weighted by Crippen LogP contribution is -2.36. The second kappa shape index (κ2) is 26.8. The molecule has 3 aliphatic heterocycles. The number of nitrogens with zero attached hydrogens (tertiary/aromatic N) is 6. The van der Waals surface area contributed by atoms with Crippen molar-refractivity contribution in [2.24, 2.45) is 0 Å². The molecule has 23 nitrogen and oxygen atoms in total. The molecule has 0 radical (unpaired) electrons. The fraction of sp³-hybridized carbons (Fsp3) is 0.784. The molecule has 9 atom stereocenters. The van der Waals surface area contributed by atoms with E-state index in [1.54, 1.807) is 0 Å². The van der Waals surface area contributed by atoms with Gasteiger partial charge in [0.05, 0.1) is 25.0 Å². The number of amides is 3. The third-order valence-electron chi connectivity index (χ3n) is 10.7. The summed E-state index contributed by atoms with van der Waals surface area (Å²) >= 11 is 1.81. The minimum Gasteiger partial charge on any atom is -0.387 e. The van der Waals surface area contributed by atoms with Gasteiger partial charge in [0.2, 0.25) is 5.91 Å². The fourth-order valence-electron chi connectivity index (χ4n) is 6.99. The molecule has 3 saturated heterocycles. The van der Waals surface area contributed by atoms with Crippen LogP contribution in [0.15, 0.2) is 12.7 Å². The van der Waals surface area contributed by atoms with E-state index in [4.69, 9.17) is 10.5 Å². The van der Waals surface area contributed by atoms with Gasteiger partial charge in [0.15, 0.2) is 17.7 Å². The zero-order valence-electron chi connectivity index (χ0n) is 37.0. The number of carbonyl (C=O) groups is 3. The van der Waals surface area contributed by atoms with E-state index in [-0.39, 0.29) is 60.4 Å². The predicted octanol–water partition coefficient (Wildman–Crippen LogP) is 2.51. The van der Waals surface area contributed by atoms with Gasteiger partial charge in [0, 0.05) is 30.4 Å². The number of imidazole rings is 1. The van der Waals surface area contributed by atoms with Crippen LogP contribution >= 0.6 is 27.4 Å². The Morgan fingerprint density at radius 3 is 2.17 bits per heavy atom. The quantitative estimate of drug-likeness (QED) is 0.0451. The number of aliphatic hydroxyl groups excluding tert-OH is 2. The number of fused-ring (bicyclic) bond motifs is 2. The highest BCUT2D eigenvalue weighted by Crippen LogP contribution is 2.60. The van der Waals surface area contributed by atoms with Crippen LogP contribution in [-0.2, 0) is 36.8 Å². The van der Waals surface area contributed by atoms with E-state index in [0.29, 0.717) is 24.5 Å². The zero-order chi connectivity index (χ0) is 46.7. The lowest BCUT2D eigenvalue weighted by molar-refractivity contribution is -0.135. The first-order chi connectivity index (χ1) is 29.9. The summed E-state index contributed by atoms with van der Waals surface area (Å²) in [7, 11) is -10.8. The minimum absolute atomic E-state index is 0.0590. The second-order valence-electron chi connectivity index (χ2n) is 14.8. The number of anilines is 1. The number of thioether (sulfide) groups is 1. The van der Waals surface area contributed by atoms with Crippen molar-refractivity contribution in [3.63, 3.8) is 0 Å². The number of urea groups is 1. The molecule has 3 aliphatic rings. The van der Waals surface area contributed by atoms with E-state index < -0.39 is 52.8 Å². The van der Waals surface area contributed by atoms with Crippen molar-refractivity contribution in [1.82, 2.24) is 45.3 Å². The average Bonchev–Trinajstić information content (AvgIpc) is 4.00. The van der Waals surface area contributed by atoms with Gasteiger partial charge in [-0.15, -0.1) is 0 Å². The molecule has 2 aromatic heterocycles. The number of hydrogen-bond donors (Lipinski definition) is 8. The number of hydrogen-bond acceptors (Lipinski definition) is 18. The van der Waals surface area contributed by atoms with Crippen LogP contribution in [0, 0.1) is 0 Å². The van der Waals surface area contributed by atoms with Crippen LogP contribution in [0.2, 0.25) is 0 Å². The Morgan fingerprint density at radius 1 is 0.921 bits per heavy atom. The number of aromatic nitrogens is 4. The van der Waals surface area contributed by atoms with Crippen LogP contribution in [0.5, 0.6) is 0 Å². The first-order valence-electron chi connectivity index (χ1n) is 21.5. The summed E-state index contributed by atoms with van der Waals surface area (Å²) in [6.07, 6.45) is -0.621. The van der Waals surface area contributed by atoms with E-state index in [1.165, 1.54) is 50.2 Å². The van der Waals surface area contributed by atoms with Crippen LogP contribution in [0.1, 0.15) is 92.7 Å². The Hall–Kier alpha value is -2.99. The highest BCUT2D eigenvalue weighted by molar-refractivity contribution is 8.00. The number of nitrogens with two attached hydrogens (primary N) is 1. The molecular formula is C37H68N10O13P2S. The molecule has 5 rings (SSSR count). The van der Waals surface area contributed by atoms with Gasteiger partial charge < -0.3 is 55.9 Å². The number of unbranched alkanes of at least 4 members (excludes halogenated alkanes) is 2. The van der Waals surface area contributed by atoms with Crippen LogP contribution in [0.4, 0.5) is 10.6 Å². The van der Waals surface area contributed by atoms with Gasteiger partial charge in [0.25, 0.3) is 0 Å². The minimum atomic E-state index is -5.42. The first kappa shape index (κ1) is 54.3. The second-order valence-corrected chi connectivity index (χ2v) is 19.1. The fourth-order valence-corrected chi connectivity index (χ4v) is 10.6. The van der Waals surface area contributed by atoms with Crippen LogP contribution in [0.3, 0.4) is 0 Å². The zero-order valence-corrected chi connectivity index (χ0v) is 39.6. The molecule has 3 amide bonds. The summed E-state index contributed by atoms with van der Waals surface area (Å²) in [5.41, 5.74) is 6.13. The van der Waals surface area contributed by atoms with Gasteiger partial charge >= 0.3 is 27.6 Å². The Morgan fingerprint density at radius 2 is 1.56 bits per heavy atom. The summed E-state index contributed by atoms with van der Waals surface area (Å²) in [6, 6.07) is 0.141. The maximum Gasteiger partial charge on any atom is 0.538 e. The van der Waals surface area contributed by atoms with Gasteiger partial charge in [-0.05, 0) is 65.0 Å². The van der Waals surface area contributed by atoms with Gasteiger partial charge in [-0.1, -0.05) is 48.0 Å². The number of rotatable bonds is 23. The molecule has 0 aliphatic carbocycles. The van der Waals surface area contributed by atoms with Crippen molar-refractivity contribution in [2.45, 2.75) is 128 Å². The van der Waals surface area contributed by atoms with Crippen molar-refractivity contribution in [1.29, 1.82) is 0 Å². The highest BCUT2D eigenvalue weighted by Gasteiger charge is 2.47. The monoisotopic (exact) mass is 954 g/mol. The normalized spacial score (nSPS) is 24.6. The van der Waals surface area contributed by atoms with Crippen LogP contribution in [-0.4, -0.2) is 161 Å². The average molecular weight is 955 g/mol. The van der Waals surface area contributed by atoms with Crippen molar-refractivity contribution in [3.8, 4) is 0 Å². The predicted molar refractivity (Wildman–Crippen MR) is 236 cm³/mol. The molecule has 8 unspecified atom stereocenters. The molecular weight excluding hydrogens is 886 g/mol. The molecule has 360 valence electrons. The number of carbonyl (C=O) groups excluding carboxylic acids is 3. The number of aliphatic hydroxyl groups is 2. The molecule has 0 saturated carbocycles. The number of ether oxygens (including phenoxy) is 1. The highest BCUT2D eigenvalue weighted by atomic mass is 32.2. The number of phosphoric ester groups is 2. The SMILES string of the molecule is CCN(CC)CC.CCN(CC)CC.Nc1ncnc2c1ncn2C1OC(COP(=O)(O)OP(=O)(O)OC(=O)CCCCNC(=O)CCCC[C@@H]2SCC3NC(=O)NC32)C(O)C1O. The molecule has 3 fully saturated rings. The number of nitrogen functional groups attached to an aromatic ring is 1. The summed E-state index contributed by atoms with van der Waals surface area (Å²) in [5, 5.41) is 29.8. The van der Waals surface area contributed by atoms with Gasteiger partial charge in [-0.2, -0.15) is 16.1 Å². The molecule has 26 heteroatoms. The lowest BCUT2D eigenvalue weighted by atomic mass is 10.0. The molecule has 5 heterocycles. The maximum absolute atomic E-state index is 12.3. The number of nitrogens with one attached hydrogen (secondary N) is 3. The molecule has 63 heavy (non-hydrogen) atoms. The van der Waals surface area contributed by atoms with Crippen molar-refractivity contribution >= 4 is 62.3 Å². The van der Waals surface area contributed by atoms with Crippen molar-refractivity contribution in [3.05, 3.63) is 12.7 Å². The maximum atomic E-state index is 12.3. The van der Waals surface area contributed by atoms with E-state index >= 15 is 0 Å². The van der Waals surface area contributed by atoms with Gasteiger partial charge in [-0.25, -0.2) is 28.9 Å². The lowest BCUT2D eigenvalue weighted by Gasteiger charge is -2.19. The van der Waals surface area contributed by atoms with E-state index in [2.05, 4.69) is 95.6 Å². The first-order valence-corrected chi connectivity index (χ1v) is 25.5. The van der Waals surface area contributed by atoms with Gasteiger partial charge in [-0.3, -0.25) is 23.6 Å². The van der Waals surface area contributed by atoms with Crippen LogP contribution < -0.4 is 21.7 Å². The number of phosphoric acid groups is 2. The molecule has 0 bridgehead atoms. The standard InChI is InChI=1S/C25H38N8O13P2S.2C6H15N/c26-22-19-23(29-11-28-22)33(12-30-19)24-21(37)20(36)14(44-24)9-43-47(39,40)46-48(41,42)45-17(35)7-3-4-8-27-16(34)6-2-1-5-15-18-13(10-49-15)31-25(38)32-18;2*1-4-7(5-2)6-3/h11-15,18,20-21,24,36-37H,1-10H2,(H,27,34)(H,39,40)(H,41,42)(H2,26,28,29)(H2,31,32,38);2*4-6H2,1-3H3/t13?,14?,15-,18?,20?,21?,24?;;/m0../s1. The Kier molecular flexibility index (Phi) is 23.2. The van der Waals surface area contributed by atoms with E-state index in [9.17, 15) is 43.5 Å². The smallest absolute Gasteiger partial charge is 0.387 e. The summed E-state index contributed by atoms with van der Waals surface area (Å²) in [5.74, 6) is -0.422. The summed E-state index contributed by atoms with van der Waals surface area (Å²) in [6.45, 7) is 19.6. The molecule has 9 N–H and O–H groups in total. The third-order valence-corrected chi connectivity index (χ3v) is 14.8. The van der Waals surface area contributed by atoms with Crippen molar-refractivity contribution < 1.29 is 61.6 Å². The topological polar surface area (TPSA) is 315 Å². The third kappa shape index (κ3) is 17.4. The Balaban J connectivity index is 0.000000650. The largest absolute Gasteiger partial charge is 0.538 e. The summed E-state index contributed by atoms with van der Waals surface area (Å²) < 4.78 is 44.6. The molecule has 2 aromatic rings. The van der Waals surface area contributed by atoms with E-state index in [1.807, 2.05) is 11.8 Å². The van der Waals surface area contributed by atoms with E-state index in [0.717, 1.165) is 24.9 Å². The van der Waals surface area contributed by atoms with Crippen LogP contribution in [0.25, 0.3) is 11.2 Å². The Labute approximate surface area is 373 Å². The van der Waals surface area contributed by atoms with Gasteiger partial charge in [0.1, 0.15) is 30.2 Å². The van der Waals surface area contributed by atoms with Crippen molar-refractivity contribution in [2.75, 3.05) is 63.9 Å². The molecule has 0 aromatic carbocycles. The molecule has 0 spiro atoms. The summed E-state index contributed by atoms with van der Waals surface area (Å²) in [4.78, 5) is 72.1.